The number of hydrogen-bond donors (Lipinski definition) is 5. The highest BCUT2D eigenvalue weighted by atomic mass is 16.5. The van der Waals surface area contributed by atoms with E-state index in [2.05, 4.69) is 25.7 Å². The highest BCUT2D eigenvalue weighted by Gasteiger charge is 2.45. The molecule has 0 bridgehead atoms. The molecule has 4 aromatic heterocycles. The Morgan fingerprint density at radius 1 is 0.810 bits per heavy atom. The van der Waals surface area contributed by atoms with Crippen LogP contribution in [0.5, 0.6) is 5.75 Å². The van der Waals surface area contributed by atoms with Crippen LogP contribution >= 0.6 is 0 Å². The van der Waals surface area contributed by atoms with Crippen molar-refractivity contribution >= 4 is 63.3 Å². The molecule has 8 rings (SSSR count). The summed E-state index contributed by atoms with van der Waals surface area (Å²) >= 11 is 0. The van der Waals surface area contributed by atoms with Gasteiger partial charge in [-0.15, -0.1) is 0 Å². The van der Waals surface area contributed by atoms with E-state index in [4.69, 9.17) is 36.6 Å². The number of methoxy groups -OCH3 is 1. The fourth-order valence-corrected chi connectivity index (χ4v) is 8.77. The van der Waals surface area contributed by atoms with Crippen LogP contribution in [-0.2, 0) is 37.5 Å². The maximum Gasteiger partial charge on any atom is 0.278 e. The van der Waals surface area contributed by atoms with Crippen LogP contribution in [-0.4, -0.2) is 99.6 Å². The number of amides is 4. The number of likely N-dealkylation sites (tertiary alicyclic amines) is 1. The second-order valence-corrected chi connectivity index (χ2v) is 15.9. The number of nitrogens with zero attached hydrogens (tertiary/aromatic N) is 9. The fourth-order valence-electron chi connectivity index (χ4n) is 8.77. The summed E-state index contributed by atoms with van der Waals surface area (Å²) in [5.41, 5.74) is 23.3. The van der Waals surface area contributed by atoms with E-state index in [1.165, 1.54) is 23.9 Å². The van der Waals surface area contributed by atoms with Gasteiger partial charge < -0.3 is 35.8 Å². The summed E-state index contributed by atoms with van der Waals surface area (Å²) in [5, 5.41) is 14.8. The topological polar surface area (TPSA) is 263 Å². The van der Waals surface area contributed by atoms with E-state index >= 15 is 0 Å². The molecule has 0 unspecified atom stereocenters. The molecular formula is C43H52N14O6. The van der Waals surface area contributed by atoms with Crippen molar-refractivity contribution in [1.29, 1.82) is 0 Å². The first-order valence-electron chi connectivity index (χ1n) is 20.9. The van der Waals surface area contributed by atoms with Crippen molar-refractivity contribution in [2.24, 2.45) is 11.5 Å². The molecule has 20 heteroatoms. The number of aryl methyl sites for hydroxylation is 4. The summed E-state index contributed by atoms with van der Waals surface area (Å²) in [6.45, 7) is 11.4. The number of hydrogen-bond acceptors (Lipinski definition) is 12. The van der Waals surface area contributed by atoms with Gasteiger partial charge in [0.15, 0.2) is 0 Å². The molecular weight excluding hydrogens is 809 g/mol. The van der Waals surface area contributed by atoms with E-state index < -0.39 is 23.6 Å². The maximum atomic E-state index is 13.9. The molecule has 20 nitrogen and oxygen atoms in total. The number of benzene rings is 2. The minimum Gasteiger partial charge on any atom is -0.494 e. The lowest BCUT2D eigenvalue weighted by atomic mass is 9.77. The molecule has 0 saturated carbocycles. The van der Waals surface area contributed by atoms with Crippen molar-refractivity contribution in [2.75, 3.05) is 43.2 Å². The van der Waals surface area contributed by atoms with Gasteiger partial charge in [-0.1, -0.05) is 12.2 Å². The summed E-state index contributed by atoms with van der Waals surface area (Å²) in [6, 6.07) is 8.24. The van der Waals surface area contributed by atoms with Crippen LogP contribution in [0.1, 0.15) is 91.8 Å². The molecule has 2 aromatic carbocycles. The number of nitrogens with two attached hydrogens (primary N) is 3. The molecule has 6 heterocycles. The number of nitrogens with one attached hydrogen (secondary N) is 2. The molecule has 2 aliphatic heterocycles. The zero-order valence-corrected chi connectivity index (χ0v) is 36.0. The van der Waals surface area contributed by atoms with Gasteiger partial charge in [0.1, 0.15) is 22.7 Å². The molecule has 4 amide bonds. The number of ether oxygens (including phenoxy) is 2. The quantitative estimate of drug-likeness (QED) is 0.0925. The smallest absolute Gasteiger partial charge is 0.278 e. The van der Waals surface area contributed by atoms with E-state index in [1.54, 1.807) is 28.3 Å². The molecule has 0 radical (unpaired) electrons. The van der Waals surface area contributed by atoms with Crippen molar-refractivity contribution in [3.63, 3.8) is 0 Å². The van der Waals surface area contributed by atoms with Crippen molar-refractivity contribution < 1.29 is 28.7 Å². The molecule has 0 atom stereocenters. The first-order valence-corrected chi connectivity index (χ1v) is 20.9. The van der Waals surface area contributed by atoms with Crippen LogP contribution in [0.4, 0.5) is 17.6 Å². The number of primary amides is 2. The predicted molar refractivity (Wildman–Crippen MR) is 236 cm³/mol. The number of carbonyl (C=O) groups excluding carboxylic acids is 4. The van der Waals surface area contributed by atoms with Gasteiger partial charge in [-0.2, -0.15) is 10.2 Å². The summed E-state index contributed by atoms with van der Waals surface area (Å²) in [5.74, 6) is -1.46. The zero-order chi connectivity index (χ0) is 44.7. The van der Waals surface area contributed by atoms with Crippen LogP contribution in [0.25, 0.3) is 22.1 Å². The number of rotatable bonds is 15. The van der Waals surface area contributed by atoms with E-state index in [9.17, 15) is 19.2 Å². The maximum absolute atomic E-state index is 13.9. The molecule has 2 saturated heterocycles. The normalized spacial score (nSPS) is 15.1. The monoisotopic (exact) mass is 860 g/mol. The Bertz CT molecular complexity index is 2820. The molecule has 6 aromatic rings. The Balaban J connectivity index is 1.19. The predicted octanol–water partition coefficient (Wildman–Crippen LogP) is 3.74. The SMILES string of the molecule is CCn1nc(C)cc1C(=O)Nc1nc2cc(C(N)=O)cc(CN3CCC34CCOCC4)c2n1C/C=C/Cn1c(NC(=O)c2c(N)c(C)nn2CC)nc2cc(C(N)=O)cc(OC)c21. The van der Waals surface area contributed by atoms with Crippen molar-refractivity contribution in [3.8, 4) is 5.75 Å². The summed E-state index contributed by atoms with van der Waals surface area (Å²) < 4.78 is 18.2. The summed E-state index contributed by atoms with van der Waals surface area (Å²) in [4.78, 5) is 64.8. The molecule has 63 heavy (non-hydrogen) atoms. The van der Waals surface area contributed by atoms with Gasteiger partial charge in [0.2, 0.25) is 23.7 Å². The van der Waals surface area contributed by atoms with Crippen LogP contribution in [0.15, 0.2) is 42.5 Å². The minimum absolute atomic E-state index is 0.00613. The molecule has 1 spiro atoms. The fraction of sp³-hybridized carbons (Fsp3) is 0.395. The average Bonchev–Trinajstić information content (AvgIpc) is 4.01. The van der Waals surface area contributed by atoms with Gasteiger partial charge in [0.25, 0.3) is 11.8 Å². The minimum atomic E-state index is -0.672. The van der Waals surface area contributed by atoms with Gasteiger partial charge >= 0.3 is 0 Å². The standard InChI is InChI=1S/C43H52N14O6/c1-6-56-31(18-24(3)51-56)39(60)49-41-47-29-20-26(37(45)58)19-28(23-53-15-10-43(53)11-16-63-17-12-43)34(29)54(41)13-8-9-14-55-35-30(21-27(38(46)59)22-32(35)62-5)48-42(55)50-40(61)36-33(44)25(4)52-57(36)7-2/h8-9,18-22H,6-7,10-17,23,44H2,1-5H3,(H2,45,58)(H2,46,59)(H,47,49,60)(H,48,50,61)/b9-8+. The summed E-state index contributed by atoms with van der Waals surface area (Å²) in [7, 11) is 1.47. The first kappa shape index (κ1) is 42.6. The van der Waals surface area contributed by atoms with Crippen LogP contribution in [0.2, 0.25) is 0 Å². The van der Waals surface area contributed by atoms with Crippen molar-refractivity contribution in [3.05, 3.63) is 81.9 Å². The number of carbonyl (C=O) groups is 4. The van der Waals surface area contributed by atoms with E-state index in [1.807, 2.05) is 43.6 Å². The zero-order valence-electron chi connectivity index (χ0n) is 36.0. The van der Waals surface area contributed by atoms with E-state index in [-0.39, 0.29) is 47.5 Å². The molecule has 0 aliphatic carbocycles. The summed E-state index contributed by atoms with van der Waals surface area (Å²) in [6.07, 6.45) is 6.66. The lowest BCUT2D eigenvalue weighted by Gasteiger charge is -2.55. The third-order valence-electron chi connectivity index (χ3n) is 12.1. The number of nitrogen functional groups attached to an aromatic ring is 1. The number of aromatic nitrogens is 8. The average molecular weight is 861 g/mol. The second-order valence-electron chi connectivity index (χ2n) is 15.9. The third kappa shape index (κ3) is 7.86. The first-order chi connectivity index (χ1) is 30.2. The Hall–Kier alpha value is -7.06. The number of allylic oxidation sites excluding steroid dienone is 2. The lowest BCUT2D eigenvalue weighted by molar-refractivity contribution is -0.0942. The molecule has 2 aliphatic rings. The van der Waals surface area contributed by atoms with Gasteiger partial charge in [-0.3, -0.25) is 44.1 Å². The second kappa shape index (κ2) is 17.0. The molecule has 2 fully saturated rings. The highest BCUT2D eigenvalue weighted by Crippen LogP contribution is 2.41. The van der Waals surface area contributed by atoms with Gasteiger partial charge in [-0.05, 0) is 82.9 Å². The van der Waals surface area contributed by atoms with E-state index in [0.29, 0.717) is 77.8 Å². The Labute approximate surface area is 362 Å². The van der Waals surface area contributed by atoms with Gasteiger partial charge in [0, 0.05) is 69.1 Å². The largest absolute Gasteiger partial charge is 0.494 e. The van der Waals surface area contributed by atoms with Crippen molar-refractivity contribution in [1.82, 2.24) is 43.6 Å². The molecule has 8 N–H and O–H groups in total. The number of imidazole rings is 2. The number of fused-ring (bicyclic) bond motifs is 2. The van der Waals surface area contributed by atoms with Gasteiger partial charge in [-0.25, -0.2) is 9.97 Å². The van der Waals surface area contributed by atoms with Crippen LogP contribution in [0.3, 0.4) is 0 Å². The third-order valence-corrected chi connectivity index (χ3v) is 12.1. The molecule has 330 valence electrons. The Kier molecular flexibility index (Phi) is 11.5. The Morgan fingerprint density at radius 2 is 1.41 bits per heavy atom. The van der Waals surface area contributed by atoms with E-state index in [0.717, 1.165) is 36.9 Å². The highest BCUT2D eigenvalue weighted by molar-refractivity contribution is 6.07. The van der Waals surface area contributed by atoms with Gasteiger partial charge in [0.05, 0.1) is 40.7 Å². The van der Waals surface area contributed by atoms with Crippen LogP contribution < -0.4 is 32.6 Å². The number of anilines is 3. The van der Waals surface area contributed by atoms with Crippen LogP contribution in [0, 0.1) is 13.8 Å². The Morgan fingerprint density at radius 3 is 2.00 bits per heavy atom. The van der Waals surface area contributed by atoms with Crippen molar-refractivity contribution in [2.45, 2.75) is 85.2 Å². The lowest BCUT2D eigenvalue weighted by Crippen LogP contribution is -2.61.